The molecule has 7 nitrogen and oxygen atoms in total. The lowest BCUT2D eigenvalue weighted by Gasteiger charge is -2.11. The first-order valence-corrected chi connectivity index (χ1v) is 9.46. The maximum atomic E-state index is 12.7. The third kappa shape index (κ3) is 3.45. The minimum atomic E-state index is -0.763. The molecule has 4 aromatic rings. The van der Waals surface area contributed by atoms with E-state index in [0.29, 0.717) is 22.3 Å². The van der Waals surface area contributed by atoms with Crippen molar-refractivity contribution < 1.29 is 13.9 Å². The number of carbonyl (C=O) groups is 1. The van der Waals surface area contributed by atoms with E-state index in [1.54, 1.807) is 36.4 Å². The predicted octanol–water partition coefficient (Wildman–Crippen LogP) is 4.02. The fourth-order valence-electron chi connectivity index (χ4n) is 3.48. The number of H-pyrrole nitrogens is 1. The van der Waals surface area contributed by atoms with E-state index in [-0.39, 0.29) is 22.6 Å². The highest BCUT2D eigenvalue weighted by Crippen LogP contribution is 2.26. The van der Waals surface area contributed by atoms with Crippen LogP contribution in [0.4, 0.5) is 5.69 Å². The SMILES string of the molecule is COc1cccc2cc(C(=O)Nc3ccc4c(C(C)C)cc(=O)[nH]c4c3)c(=O)oc12. The van der Waals surface area contributed by atoms with Crippen LogP contribution >= 0.6 is 0 Å². The number of amides is 1. The Morgan fingerprint density at radius 2 is 1.90 bits per heavy atom. The van der Waals surface area contributed by atoms with E-state index in [1.165, 1.54) is 13.2 Å². The number of fused-ring (bicyclic) bond motifs is 2. The van der Waals surface area contributed by atoms with Crippen LogP contribution in [-0.2, 0) is 0 Å². The van der Waals surface area contributed by atoms with Crippen LogP contribution in [0.1, 0.15) is 35.7 Å². The average molecular weight is 404 g/mol. The Hall–Kier alpha value is -3.87. The number of methoxy groups -OCH3 is 1. The number of ether oxygens (including phenoxy) is 1. The molecule has 0 radical (unpaired) electrons. The number of para-hydroxylation sites is 1. The zero-order chi connectivity index (χ0) is 21.4. The molecular weight excluding hydrogens is 384 g/mol. The first-order chi connectivity index (χ1) is 14.4. The fraction of sp³-hybridized carbons (Fsp3) is 0.174. The number of aromatic amines is 1. The number of carbonyl (C=O) groups excluding carboxylic acids is 1. The largest absolute Gasteiger partial charge is 0.493 e. The summed E-state index contributed by atoms with van der Waals surface area (Å²) in [6.45, 7) is 4.02. The van der Waals surface area contributed by atoms with Gasteiger partial charge in [-0.15, -0.1) is 0 Å². The second kappa shape index (κ2) is 7.51. The van der Waals surface area contributed by atoms with Gasteiger partial charge in [-0.2, -0.15) is 0 Å². The zero-order valence-electron chi connectivity index (χ0n) is 16.7. The summed E-state index contributed by atoms with van der Waals surface area (Å²) in [4.78, 5) is 39.9. The highest BCUT2D eigenvalue weighted by Gasteiger charge is 2.16. The molecule has 0 aliphatic heterocycles. The molecule has 0 unspecified atom stereocenters. The van der Waals surface area contributed by atoms with Gasteiger partial charge in [0.2, 0.25) is 5.56 Å². The van der Waals surface area contributed by atoms with E-state index in [0.717, 1.165) is 10.9 Å². The minimum Gasteiger partial charge on any atom is -0.493 e. The maximum Gasteiger partial charge on any atom is 0.349 e. The third-order valence-corrected chi connectivity index (χ3v) is 4.94. The van der Waals surface area contributed by atoms with E-state index < -0.39 is 11.5 Å². The summed E-state index contributed by atoms with van der Waals surface area (Å²) in [7, 11) is 1.48. The number of anilines is 1. The van der Waals surface area contributed by atoms with Crippen LogP contribution in [0.15, 0.2) is 62.5 Å². The topological polar surface area (TPSA) is 101 Å². The maximum absolute atomic E-state index is 12.7. The average Bonchev–Trinajstić information content (AvgIpc) is 2.71. The molecule has 0 aliphatic carbocycles. The summed E-state index contributed by atoms with van der Waals surface area (Å²) in [5.74, 6) is -0.0133. The Morgan fingerprint density at radius 1 is 1.10 bits per heavy atom. The minimum absolute atomic E-state index is 0.125. The summed E-state index contributed by atoms with van der Waals surface area (Å²) in [6.07, 6.45) is 0. The van der Waals surface area contributed by atoms with Crippen molar-refractivity contribution in [1.82, 2.24) is 4.98 Å². The van der Waals surface area contributed by atoms with Gasteiger partial charge >= 0.3 is 5.63 Å². The Balaban J connectivity index is 1.72. The zero-order valence-corrected chi connectivity index (χ0v) is 16.7. The van der Waals surface area contributed by atoms with Crippen molar-refractivity contribution >= 4 is 33.5 Å². The van der Waals surface area contributed by atoms with Crippen molar-refractivity contribution in [3.63, 3.8) is 0 Å². The second-order valence-electron chi connectivity index (χ2n) is 7.28. The molecule has 1 amide bonds. The lowest BCUT2D eigenvalue weighted by atomic mass is 9.99. The number of nitrogens with one attached hydrogen (secondary N) is 2. The summed E-state index contributed by atoms with van der Waals surface area (Å²) in [5, 5.41) is 4.18. The number of pyridine rings is 1. The Kier molecular flexibility index (Phi) is 4.87. The van der Waals surface area contributed by atoms with Crippen LogP contribution in [0.2, 0.25) is 0 Å². The number of hydrogen-bond acceptors (Lipinski definition) is 5. The summed E-state index contributed by atoms with van der Waals surface area (Å²) in [6, 6.07) is 13.4. The van der Waals surface area contributed by atoms with Gasteiger partial charge in [0.1, 0.15) is 5.56 Å². The highest BCUT2D eigenvalue weighted by molar-refractivity contribution is 6.06. The van der Waals surface area contributed by atoms with Gasteiger partial charge < -0.3 is 19.5 Å². The molecule has 0 saturated carbocycles. The molecule has 30 heavy (non-hydrogen) atoms. The van der Waals surface area contributed by atoms with Crippen molar-refractivity contribution in [2.24, 2.45) is 0 Å². The molecule has 0 bridgehead atoms. The van der Waals surface area contributed by atoms with Crippen molar-refractivity contribution in [2.75, 3.05) is 12.4 Å². The number of rotatable bonds is 4. The van der Waals surface area contributed by atoms with Crippen LogP contribution in [0.5, 0.6) is 5.75 Å². The van der Waals surface area contributed by atoms with Gasteiger partial charge in [-0.05, 0) is 35.7 Å². The highest BCUT2D eigenvalue weighted by atomic mass is 16.5. The van der Waals surface area contributed by atoms with E-state index in [2.05, 4.69) is 10.3 Å². The summed E-state index contributed by atoms with van der Waals surface area (Å²) in [5.41, 5.74) is 1.18. The normalized spacial score (nSPS) is 11.2. The molecule has 0 saturated heterocycles. The van der Waals surface area contributed by atoms with Gasteiger partial charge in [0.25, 0.3) is 5.91 Å². The first-order valence-electron chi connectivity index (χ1n) is 9.46. The Morgan fingerprint density at radius 3 is 2.63 bits per heavy atom. The van der Waals surface area contributed by atoms with Crippen LogP contribution < -0.4 is 21.2 Å². The molecule has 2 aromatic heterocycles. The molecule has 0 spiro atoms. The smallest absolute Gasteiger partial charge is 0.349 e. The fourth-order valence-corrected chi connectivity index (χ4v) is 3.48. The predicted molar refractivity (Wildman–Crippen MR) is 116 cm³/mol. The summed E-state index contributed by atoms with van der Waals surface area (Å²) >= 11 is 0. The molecule has 4 rings (SSSR count). The Bertz CT molecular complexity index is 1400. The monoisotopic (exact) mass is 404 g/mol. The quantitative estimate of drug-likeness (QED) is 0.500. The van der Waals surface area contributed by atoms with E-state index >= 15 is 0 Å². The molecule has 152 valence electrons. The number of benzene rings is 2. The van der Waals surface area contributed by atoms with Crippen LogP contribution in [-0.4, -0.2) is 18.0 Å². The molecule has 7 heteroatoms. The van der Waals surface area contributed by atoms with Gasteiger partial charge in [0, 0.05) is 22.5 Å². The van der Waals surface area contributed by atoms with Gasteiger partial charge in [-0.25, -0.2) is 4.79 Å². The standard InChI is InChI=1S/C23H20N2O5/c1-12(2)16-11-20(26)25-18-10-14(7-8-15(16)18)24-22(27)17-9-13-5-4-6-19(29-3)21(13)30-23(17)28/h4-12H,1-3H3,(H,24,27)(H,25,26). The van der Waals surface area contributed by atoms with Crippen molar-refractivity contribution in [1.29, 1.82) is 0 Å². The number of aromatic nitrogens is 1. The van der Waals surface area contributed by atoms with Gasteiger partial charge in [-0.3, -0.25) is 9.59 Å². The van der Waals surface area contributed by atoms with Crippen LogP contribution in [0.3, 0.4) is 0 Å². The molecular formula is C23H20N2O5. The van der Waals surface area contributed by atoms with Gasteiger partial charge in [-0.1, -0.05) is 32.0 Å². The van der Waals surface area contributed by atoms with Crippen molar-refractivity contribution in [2.45, 2.75) is 19.8 Å². The number of hydrogen-bond donors (Lipinski definition) is 2. The molecule has 0 aliphatic rings. The molecule has 2 heterocycles. The molecule has 2 aromatic carbocycles. The lowest BCUT2D eigenvalue weighted by molar-refractivity contribution is 0.102. The van der Waals surface area contributed by atoms with Crippen molar-refractivity contribution in [3.8, 4) is 5.75 Å². The third-order valence-electron chi connectivity index (χ3n) is 4.94. The first kappa shape index (κ1) is 19.4. The van der Waals surface area contributed by atoms with E-state index in [4.69, 9.17) is 9.15 Å². The van der Waals surface area contributed by atoms with Gasteiger partial charge in [0.05, 0.1) is 12.6 Å². The molecule has 0 atom stereocenters. The van der Waals surface area contributed by atoms with Crippen molar-refractivity contribution in [3.05, 3.63) is 80.4 Å². The van der Waals surface area contributed by atoms with E-state index in [9.17, 15) is 14.4 Å². The molecule has 0 fully saturated rings. The summed E-state index contributed by atoms with van der Waals surface area (Å²) < 4.78 is 10.5. The van der Waals surface area contributed by atoms with Crippen LogP contribution in [0, 0.1) is 0 Å². The molecule has 2 N–H and O–H groups in total. The lowest BCUT2D eigenvalue weighted by Crippen LogP contribution is -2.20. The van der Waals surface area contributed by atoms with Crippen LogP contribution in [0.25, 0.3) is 21.9 Å². The Labute approximate surface area is 171 Å². The second-order valence-corrected chi connectivity index (χ2v) is 7.28. The van der Waals surface area contributed by atoms with Gasteiger partial charge in [0.15, 0.2) is 11.3 Å². The van der Waals surface area contributed by atoms with E-state index in [1.807, 2.05) is 19.9 Å².